The fourth-order valence-electron chi connectivity index (χ4n) is 2.31. The first-order chi connectivity index (χ1) is 10.1. The number of pyridine rings is 1. The lowest BCUT2D eigenvalue weighted by atomic mass is 10.0. The number of rotatable bonds is 6. The van der Waals surface area contributed by atoms with Gasteiger partial charge in [0.25, 0.3) is 0 Å². The van der Waals surface area contributed by atoms with Gasteiger partial charge in [-0.3, -0.25) is 9.88 Å². The summed E-state index contributed by atoms with van der Waals surface area (Å²) >= 11 is 5.79. The molecule has 3 nitrogen and oxygen atoms in total. The minimum atomic E-state index is -0.317. The first-order valence-corrected chi connectivity index (χ1v) is 7.24. The summed E-state index contributed by atoms with van der Waals surface area (Å²) in [7, 11) is 1.94. The van der Waals surface area contributed by atoms with E-state index in [1.165, 1.54) is 6.07 Å². The molecular weight excluding hydrogens is 289 g/mol. The number of benzene rings is 1. The molecule has 0 bridgehead atoms. The van der Waals surface area contributed by atoms with Crippen LogP contribution in [-0.4, -0.2) is 30.0 Å². The van der Waals surface area contributed by atoms with Crippen LogP contribution in [0.5, 0.6) is 0 Å². The largest absolute Gasteiger partial charge is 0.329 e. The van der Waals surface area contributed by atoms with Crippen LogP contribution in [0.3, 0.4) is 0 Å². The van der Waals surface area contributed by atoms with Gasteiger partial charge in [0, 0.05) is 48.0 Å². The maximum absolute atomic E-state index is 14.0. The Balaban J connectivity index is 2.06. The Morgan fingerprint density at radius 2 is 2.14 bits per heavy atom. The molecule has 0 amide bonds. The Bertz CT molecular complexity index is 577. The Kier molecular flexibility index (Phi) is 5.67. The van der Waals surface area contributed by atoms with Gasteiger partial charge in [0.05, 0.1) is 0 Å². The molecule has 2 N–H and O–H groups in total. The van der Waals surface area contributed by atoms with E-state index in [0.717, 1.165) is 18.7 Å². The molecule has 0 fully saturated rings. The summed E-state index contributed by atoms with van der Waals surface area (Å²) in [5, 5.41) is 0.392. The molecule has 2 aromatic rings. The molecule has 1 unspecified atom stereocenters. The van der Waals surface area contributed by atoms with Crippen LogP contribution in [0, 0.1) is 5.82 Å². The van der Waals surface area contributed by atoms with Crippen molar-refractivity contribution in [1.82, 2.24) is 9.88 Å². The Morgan fingerprint density at radius 1 is 1.33 bits per heavy atom. The van der Waals surface area contributed by atoms with Gasteiger partial charge in [-0.05, 0) is 31.3 Å². The van der Waals surface area contributed by atoms with Crippen LogP contribution in [0.15, 0.2) is 42.6 Å². The second kappa shape index (κ2) is 7.50. The van der Waals surface area contributed by atoms with Crippen LogP contribution in [0.2, 0.25) is 5.02 Å². The first-order valence-electron chi connectivity index (χ1n) is 6.87. The lowest BCUT2D eigenvalue weighted by Gasteiger charge is -2.27. The highest BCUT2D eigenvalue weighted by Gasteiger charge is 2.19. The summed E-state index contributed by atoms with van der Waals surface area (Å²) in [6.45, 7) is 1.10. The molecular formula is C16H19ClFN3. The fourth-order valence-corrected chi connectivity index (χ4v) is 2.47. The van der Waals surface area contributed by atoms with Crippen molar-refractivity contribution in [2.24, 2.45) is 5.73 Å². The number of nitrogens with two attached hydrogens (primary N) is 1. The van der Waals surface area contributed by atoms with Gasteiger partial charge in [0.2, 0.25) is 0 Å². The molecule has 21 heavy (non-hydrogen) atoms. The monoisotopic (exact) mass is 307 g/mol. The van der Waals surface area contributed by atoms with Crippen molar-refractivity contribution in [2.75, 3.05) is 20.1 Å². The molecule has 112 valence electrons. The van der Waals surface area contributed by atoms with E-state index in [0.29, 0.717) is 17.1 Å². The topological polar surface area (TPSA) is 42.2 Å². The van der Waals surface area contributed by atoms with E-state index in [9.17, 15) is 4.39 Å². The fraction of sp³-hybridized carbons (Fsp3) is 0.312. The normalized spacial score (nSPS) is 12.6. The van der Waals surface area contributed by atoms with Crippen molar-refractivity contribution >= 4 is 11.6 Å². The molecule has 1 aromatic heterocycles. The Hall–Kier alpha value is -1.49. The molecule has 0 aliphatic carbocycles. The van der Waals surface area contributed by atoms with Crippen LogP contribution in [0.4, 0.5) is 4.39 Å². The van der Waals surface area contributed by atoms with Crippen LogP contribution in [0.25, 0.3) is 0 Å². The van der Waals surface area contributed by atoms with Crippen molar-refractivity contribution in [3.8, 4) is 0 Å². The highest BCUT2D eigenvalue weighted by atomic mass is 35.5. The van der Waals surface area contributed by atoms with E-state index >= 15 is 0 Å². The predicted octanol–water partition coefficient (Wildman–Crippen LogP) is 3.05. The number of nitrogens with zero attached hydrogens (tertiary/aromatic N) is 2. The lowest BCUT2D eigenvalue weighted by Crippen LogP contribution is -2.32. The summed E-state index contributed by atoms with van der Waals surface area (Å²) in [6.07, 6.45) is 2.57. The number of aromatic nitrogens is 1. The highest BCUT2D eigenvalue weighted by Crippen LogP contribution is 2.24. The number of halogens is 2. The van der Waals surface area contributed by atoms with Crippen LogP contribution < -0.4 is 5.73 Å². The van der Waals surface area contributed by atoms with Crippen molar-refractivity contribution in [3.63, 3.8) is 0 Å². The van der Waals surface area contributed by atoms with Gasteiger partial charge in [-0.1, -0.05) is 23.7 Å². The van der Waals surface area contributed by atoms with Gasteiger partial charge >= 0.3 is 0 Å². The molecule has 1 aromatic carbocycles. The van der Waals surface area contributed by atoms with Gasteiger partial charge < -0.3 is 5.73 Å². The van der Waals surface area contributed by atoms with E-state index in [1.807, 2.05) is 30.1 Å². The van der Waals surface area contributed by atoms with Crippen molar-refractivity contribution in [2.45, 2.75) is 12.5 Å². The highest BCUT2D eigenvalue weighted by molar-refractivity contribution is 6.30. The summed E-state index contributed by atoms with van der Waals surface area (Å²) in [6, 6.07) is 10.4. The number of hydrogen-bond acceptors (Lipinski definition) is 3. The van der Waals surface area contributed by atoms with E-state index in [1.54, 1.807) is 18.3 Å². The van der Waals surface area contributed by atoms with E-state index in [4.69, 9.17) is 17.3 Å². The van der Waals surface area contributed by atoms with E-state index < -0.39 is 0 Å². The molecule has 0 radical (unpaired) electrons. The standard InChI is InChI=1S/C16H19ClFN3/c1-21(9-7-13-4-2-3-8-20-13)16(11-19)14-6-5-12(17)10-15(14)18/h2-6,8,10,16H,7,9,11,19H2,1H3. The SMILES string of the molecule is CN(CCc1ccccn1)C(CN)c1ccc(Cl)cc1F. The van der Waals surface area contributed by atoms with Gasteiger partial charge in [-0.2, -0.15) is 0 Å². The van der Waals surface area contributed by atoms with Crippen molar-refractivity contribution < 1.29 is 4.39 Å². The van der Waals surface area contributed by atoms with Crippen LogP contribution in [0.1, 0.15) is 17.3 Å². The van der Waals surface area contributed by atoms with Crippen molar-refractivity contribution in [1.29, 1.82) is 0 Å². The average molecular weight is 308 g/mol. The molecule has 1 heterocycles. The molecule has 1 atom stereocenters. The molecule has 0 aliphatic rings. The van der Waals surface area contributed by atoms with E-state index in [2.05, 4.69) is 4.98 Å². The molecule has 0 saturated heterocycles. The maximum Gasteiger partial charge on any atom is 0.129 e. The third-order valence-electron chi connectivity index (χ3n) is 3.52. The molecule has 5 heteroatoms. The smallest absolute Gasteiger partial charge is 0.129 e. The zero-order valence-electron chi connectivity index (χ0n) is 12.0. The molecule has 0 saturated carbocycles. The minimum absolute atomic E-state index is 0.175. The molecule has 0 aliphatic heterocycles. The predicted molar refractivity (Wildman–Crippen MR) is 83.8 cm³/mol. The first kappa shape index (κ1) is 15.9. The van der Waals surface area contributed by atoms with Gasteiger partial charge in [-0.15, -0.1) is 0 Å². The number of hydrogen-bond donors (Lipinski definition) is 1. The van der Waals surface area contributed by atoms with Crippen LogP contribution in [-0.2, 0) is 6.42 Å². The summed E-state index contributed by atoms with van der Waals surface area (Å²) in [4.78, 5) is 6.33. The summed E-state index contributed by atoms with van der Waals surface area (Å²) < 4.78 is 14.0. The zero-order valence-corrected chi connectivity index (χ0v) is 12.7. The van der Waals surface area contributed by atoms with Gasteiger partial charge in [-0.25, -0.2) is 4.39 Å². The van der Waals surface area contributed by atoms with Gasteiger partial charge in [0.1, 0.15) is 5.82 Å². The number of likely N-dealkylation sites (N-methyl/N-ethyl adjacent to an activating group) is 1. The second-order valence-electron chi connectivity index (χ2n) is 4.97. The minimum Gasteiger partial charge on any atom is -0.329 e. The molecule has 0 spiro atoms. The maximum atomic E-state index is 14.0. The quantitative estimate of drug-likeness (QED) is 0.892. The Labute approximate surface area is 129 Å². The summed E-state index contributed by atoms with van der Waals surface area (Å²) in [5.41, 5.74) is 7.41. The van der Waals surface area contributed by atoms with Crippen LogP contribution >= 0.6 is 11.6 Å². The zero-order chi connectivity index (χ0) is 15.2. The summed E-state index contributed by atoms with van der Waals surface area (Å²) in [5.74, 6) is -0.317. The average Bonchev–Trinajstić information content (AvgIpc) is 2.49. The van der Waals surface area contributed by atoms with Gasteiger partial charge in [0.15, 0.2) is 0 Å². The van der Waals surface area contributed by atoms with Crippen molar-refractivity contribution in [3.05, 3.63) is 64.7 Å². The third-order valence-corrected chi connectivity index (χ3v) is 3.76. The lowest BCUT2D eigenvalue weighted by molar-refractivity contribution is 0.247. The molecule has 2 rings (SSSR count). The third kappa shape index (κ3) is 4.24. The second-order valence-corrected chi connectivity index (χ2v) is 5.41. The Morgan fingerprint density at radius 3 is 2.76 bits per heavy atom. The van der Waals surface area contributed by atoms with E-state index in [-0.39, 0.29) is 11.9 Å².